The molecule has 1 aromatic carbocycles. The maximum atomic E-state index is 13.2. The molecule has 0 radical (unpaired) electrons. The van der Waals surface area contributed by atoms with E-state index < -0.39 is 5.54 Å². The van der Waals surface area contributed by atoms with Gasteiger partial charge in [0.05, 0.1) is 16.8 Å². The Labute approximate surface area is 168 Å². The summed E-state index contributed by atoms with van der Waals surface area (Å²) in [5, 5.41) is 4.18. The monoisotopic (exact) mass is 399 g/mol. The minimum absolute atomic E-state index is 0.00755. The highest BCUT2D eigenvalue weighted by Gasteiger charge is 2.53. The SMILES string of the molecule is CC1CCC2(CC1)NC(=O)N(C[NH+]1CCC[C@H]1c1nc3ccccc3s1)C2=O. The van der Waals surface area contributed by atoms with E-state index in [2.05, 4.69) is 24.4 Å². The van der Waals surface area contributed by atoms with Crippen LogP contribution in [-0.4, -0.2) is 40.6 Å². The van der Waals surface area contributed by atoms with Crippen LogP contribution in [-0.2, 0) is 4.79 Å². The summed E-state index contributed by atoms with van der Waals surface area (Å²) in [6.07, 6.45) is 5.71. The quantitative estimate of drug-likeness (QED) is 0.780. The zero-order valence-electron chi connectivity index (χ0n) is 16.2. The normalized spacial score (nSPS) is 33.2. The highest BCUT2D eigenvalue weighted by molar-refractivity contribution is 7.18. The van der Waals surface area contributed by atoms with Crippen molar-refractivity contribution in [2.75, 3.05) is 13.2 Å². The third-order valence-corrected chi connectivity index (χ3v) is 7.98. The summed E-state index contributed by atoms with van der Waals surface area (Å²) in [5.41, 5.74) is 0.396. The Kier molecular flexibility index (Phi) is 4.39. The van der Waals surface area contributed by atoms with Gasteiger partial charge >= 0.3 is 6.03 Å². The van der Waals surface area contributed by atoms with Crippen molar-refractivity contribution in [2.45, 2.75) is 57.0 Å². The number of carbonyl (C=O) groups is 2. The van der Waals surface area contributed by atoms with Crippen LogP contribution < -0.4 is 10.2 Å². The number of hydrogen-bond acceptors (Lipinski definition) is 4. The minimum Gasteiger partial charge on any atom is -0.323 e. The van der Waals surface area contributed by atoms with E-state index in [1.54, 1.807) is 11.3 Å². The molecule has 2 N–H and O–H groups in total. The fourth-order valence-electron chi connectivity index (χ4n) is 5.05. The first kappa shape index (κ1) is 18.1. The smallest absolute Gasteiger partial charge is 0.323 e. The number of likely N-dealkylation sites (tertiary alicyclic amines) is 1. The molecule has 2 aromatic rings. The predicted molar refractivity (Wildman–Crippen MR) is 108 cm³/mol. The maximum Gasteiger partial charge on any atom is 0.329 e. The van der Waals surface area contributed by atoms with E-state index in [1.807, 2.05) is 12.1 Å². The second-order valence-corrected chi connectivity index (χ2v) is 9.77. The van der Waals surface area contributed by atoms with Crippen molar-refractivity contribution in [3.8, 4) is 0 Å². The average Bonchev–Trinajstić information content (AvgIpc) is 3.38. The van der Waals surface area contributed by atoms with Crippen molar-refractivity contribution < 1.29 is 14.5 Å². The van der Waals surface area contributed by atoms with E-state index in [1.165, 1.54) is 14.5 Å². The number of aromatic nitrogens is 1. The predicted octanol–water partition coefficient (Wildman–Crippen LogP) is 2.47. The summed E-state index contributed by atoms with van der Waals surface area (Å²) >= 11 is 1.74. The second-order valence-electron chi connectivity index (χ2n) is 8.71. The topological polar surface area (TPSA) is 66.7 Å². The summed E-state index contributed by atoms with van der Waals surface area (Å²) < 4.78 is 1.20. The van der Waals surface area contributed by atoms with Crippen LogP contribution in [0.1, 0.15) is 56.5 Å². The van der Waals surface area contributed by atoms with E-state index in [-0.39, 0.29) is 18.0 Å². The number of nitrogens with one attached hydrogen (secondary N) is 2. The first-order chi connectivity index (χ1) is 13.6. The molecule has 5 rings (SSSR count). The van der Waals surface area contributed by atoms with Gasteiger partial charge in [-0.25, -0.2) is 14.7 Å². The van der Waals surface area contributed by atoms with Gasteiger partial charge in [0.15, 0.2) is 11.7 Å². The van der Waals surface area contributed by atoms with Crippen LogP contribution in [0.3, 0.4) is 0 Å². The molecule has 1 unspecified atom stereocenters. The zero-order chi connectivity index (χ0) is 19.3. The molecule has 7 heteroatoms. The molecule has 0 bridgehead atoms. The van der Waals surface area contributed by atoms with Crippen LogP contribution in [0.15, 0.2) is 24.3 Å². The van der Waals surface area contributed by atoms with Crippen LogP contribution in [0.25, 0.3) is 10.2 Å². The number of thiazole rings is 1. The lowest BCUT2D eigenvalue weighted by Crippen LogP contribution is -3.12. The molecular weight excluding hydrogens is 372 g/mol. The lowest BCUT2D eigenvalue weighted by Gasteiger charge is -2.33. The van der Waals surface area contributed by atoms with E-state index >= 15 is 0 Å². The number of para-hydroxylation sites is 1. The molecule has 1 saturated carbocycles. The van der Waals surface area contributed by atoms with Crippen LogP contribution >= 0.6 is 11.3 Å². The van der Waals surface area contributed by atoms with Crippen molar-refractivity contribution in [1.82, 2.24) is 15.2 Å². The van der Waals surface area contributed by atoms with Gasteiger partial charge < -0.3 is 10.2 Å². The molecule has 1 aliphatic carbocycles. The number of urea groups is 1. The van der Waals surface area contributed by atoms with Gasteiger partial charge in [-0.1, -0.05) is 19.1 Å². The molecule has 3 aliphatic rings. The maximum absolute atomic E-state index is 13.2. The summed E-state index contributed by atoms with van der Waals surface area (Å²) in [4.78, 5) is 33.5. The first-order valence-corrected chi connectivity index (χ1v) is 11.2. The van der Waals surface area contributed by atoms with Gasteiger partial charge in [0.25, 0.3) is 5.91 Å². The fraction of sp³-hybridized carbons (Fsp3) is 0.571. The third-order valence-electron chi connectivity index (χ3n) is 6.83. The molecule has 2 saturated heterocycles. The highest BCUT2D eigenvalue weighted by Crippen LogP contribution is 2.36. The van der Waals surface area contributed by atoms with Crippen LogP contribution in [0.2, 0.25) is 0 Å². The van der Waals surface area contributed by atoms with Crippen molar-refractivity contribution >= 4 is 33.5 Å². The molecular formula is C21H27N4O2S+. The van der Waals surface area contributed by atoms with Crippen molar-refractivity contribution in [1.29, 1.82) is 0 Å². The lowest BCUT2D eigenvalue weighted by molar-refractivity contribution is -0.925. The number of benzene rings is 1. The van der Waals surface area contributed by atoms with Crippen LogP contribution in [0.5, 0.6) is 0 Å². The number of rotatable bonds is 3. The van der Waals surface area contributed by atoms with Crippen molar-refractivity contribution in [3.63, 3.8) is 0 Å². The van der Waals surface area contributed by atoms with E-state index in [9.17, 15) is 9.59 Å². The Bertz CT molecular complexity index is 885. The molecule has 1 spiro atoms. The van der Waals surface area contributed by atoms with E-state index in [0.717, 1.165) is 55.6 Å². The molecule has 148 valence electrons. The summed E-state index contributed by atoms with van der Waals surface area (Å²) in [5.74, 6) is 0.629. The molecule has 3 heterocycles. The largest absolute Gasteiger partial charge is 0.329 e. The van der Waals surface area contributed by atoms with Gasteiger partial charge in [-0.15, -0.1) is 11.3 Å². The molecule has 2 atom stereocenters. The Morgan fingerprint density at radius 2 is 2.04 bits per heavy atom. The van der Waals surface area contributed by atoms with Gasteiger partial charge in [0.1, 0.15) is 11.6 Å². The van der Waals surface area contributed by atoms with Crippen LogP contribution in [0, 0.1) is 5.92 Å². The standard InChI is InChI=1S/C21H26N4O2S/c1-14-8-10-21(11-9-14)19(26)25(20(27)23-21)13-24-12-4-6-16(24)18-22-15-5-2-3-7-17(15)28-18/h2-3,5,7,14,16H,4,6,8-13H2,1H3,(H,23,27)/p+1/t14?,16-,21?/m0/s1. The summed E-state index contributed by atoms with van der Waals surface area (Å²) in [7, 11) is 0. The van der Waals surface area contributed by atoms with E-state index in [4.69, 9.17) is 4.98 Å². The number of nitrogens with zero attached hydrogens (tertiary/aromatic N) is 2. The summed E-state index contributed by atoms with van der Waals surface area (Å²) in [6.45, 7) is 3.65. The highest BCUT2D eigenvalue weighted by atomic mass is 32.1. The molecule has 3 amide bonds. The van der Waals surface area contributed by atoms with Gasteiger partial charge in [-0.2, -0.15) is 0 Å². The molecule has 28 heavy (non-hydrogen) atoms. The third kappa shape index (κ3) is 2.92. The van der Waals surface area contributed by atoms with Crippen LogP contribution in [0.4, 0.5) is 4.79 Å². The number of amides is 3. The van der Waals surface area contributed by atoms with E-state index in [0.29, 0.717) is 12.6 Å². The second kappa shape index (κ2) is 6.81. The Balaban J connectivity index is 1.35. The number of carbonyl (C=O) groups excluding carboxylic acids is 2. The number of quaternary nitrogens is 1. The molecule has 6 nitrogen and oxygen atoms in total. The van der Waals surface area contributed by atoms with Gasteiger partial charge in [-0.3, -0.25) is 4.79 Å². The Morgan fingerprint density at radius 1 is 1.25 bits per heavy atom. The number of hydrogen-bond donors (Lipinski definition) is 2. The van der Waals surface area contributed by atoms with Gasteiger partial charge in [0.2, 0.25) is 0 Å². The van der Waals surface area contributed by atoms with Gasteiger partial charge in [-0.05, 0) is 43.7 Å². The Hall–Kier alpha value is -1.99. The molecule has 3 fully saturated rings. The number of imide groups is 1. The minimum atomic E-state index is -0.645. The number of fused-ring (bicyclic) bond motifs is 1. The molecule has 1 aromatic heterocycles. The fourth-order valence-corrected chi connectivity index (χ4v) is 6.22. The van der Waals surface area contributed by atoms with Crippen molar-refractivity contribution in [2.24, 2.45) is 5.92 Å². The summed E-state index contributed by atoms with van der Waals surface area (Å²) in [6, 6.07) is 8.28. The average molecular weight is 400 g/mol. The molecule has 2 aliphatic heterocycles. The van der Waals surface area contributed by atoms with Gasteiger partial charge in [0, 0.05) is 12.8 Å². The lowest BCUT2D eigenvalue weighted by atomic mass is 9.77. The zero-order valence-corrected chi connectivity index (χ0v) is 17.1. The Morgan fingerprint density at radius 3 is 2.82 bits per heavy atom. The van der Waals surface area contributed by atoms with Crippen molar-refractivity contribution in [3.05, 3.63) is 29.3 Å². The first-order valence-electron chi connectivity index (χ1n) is 10.4.